The fourth-order valence-corrected chi connectivity index (χ4v) is 1.98. The molecule has 2 rings (SSSR count). The van der Waals surface area contributed by atoms with Gasteiger partial charge in [-0.15, -0.1) is 0 Å². The number of carbonyl (C=O) groups excluding carboxylic acids is 1. The summed E-state index contributed by atoms with van der Waals surface area (Å²) in [4.78, 5) is 18.5. The van der Waals surface area contributed by atoms with Gasteiger partial charge in [0.25, 0.3) is 5.91 Å². The summed E-state index contributed by atoms with van der Waals surface area (Å²) >= 11 is 0. The van der Waals surface area contributed by atoms with Crippen LogP contribution in [-0.2, 0) is 6.54 Å². The van der Waals surface area contributed by atoms with Crippen LogP contribution in [0.25, 0.3) is 0 Å². The average molecular weight is 265 g/mol. The monoisotopic (exact) mass is 265 g/mol. The highest BCUT2D eigenvalue weighted by Crippen LogP contribution is 2.13. The summed E-state index contributed by atoms with van der Waals surface area (Å²) in [5.74, 6) is 0.705. The summed E-state index contributed by atoms with van der Waals surface area (Å²) in [5.41, 5.74) is 0.497. The van der Waals surface area contributed by atoms with Crippen LogP contribution in [0.5, 0.6) is 0 Å². The predicted molar refractivity (Wildman–Crippen MR) is 75.4 cm³/mol. The molecule has 0 saturated heterocycles. The highest BCUT2D eigenvalue weighted by atomic mass is 16.1. The Kier molecular flexibility index (Phi) is 4.42. The average Bonchev–Trinajstić information content (AvgIpc) is 2.82. The van der Waals surface area contributed by atoms with Crippen molar-refractivity contribution in [2.45, 2.75) is 32.9 Å². The van der Waals surface area contributed by atoms with Crippen molar-refractivity contribution in [3.63, 3.8) is 0 Å². The van der Waals surface area contributed by atoms with Crippen molar-refractivity contribution in [3.8, 4) is 0 Å². The molecule has 0 radical (unpaired) electrons. The molecule has 0 spiro atoms. The molecule has 1 aliphatic rings. The molecule has 106 valence electrons. The molecule has 1 aromatic heterocycles. The van der Waals surface area contributed by atoms with Gasteiger partial charge in [0.2, 0.25) is 5.95 Å². The molecule has 0 unspecified atom stereocenters. The number of amides is 1. The molecule has 0 aromatic carbocycles. The Morgan fingerprint density at radius 2 is 2.42 bits per heavy atom. The number of nitrogens with one attached hydrogen (secondary N) is 2. The maximum Gasteiger partial charge on any atom is 0.271 e. The molecule has 2 N–H and O–H groups in total. The number of anilines is 1. The zero-order chi connectivity index (χ0) is 13.8. The summed E-state index contributed by atoms with van der Waals surface area (Å²) in [6.07, 6.45) is 2.90. The minimum absolute atomic E-state index is 0.0964. The van der Waals surface area contributed by atoms with Crippen molar-refractivity contribution < 1.29 is 4.79 Å². The highest BCUT2D eigenvalue weighted by Gasteiger charge is 2.16. The third-order valence-electron chi connectivity index (χ3n) is 3.50. The Morgan fingerprint density at radius 3 is 3.11 bits per heavy atom. The number of aryl methyl sites for hydroxylation is 1. The van der Waals surface area contributed by atoms with Gasteiger partial charge in [0.05, 0.1) is 0 Å². The van der Waals surface area contributed by atoms with E-state index in [9.17, 15) is 4.79 Å². The van der Waals surface area contributed by atoms with E-state index < -0.39 is 0 Å². The molecule has 0 fully saturated rings. The van der Waals surface area contributed by atoms with Gasteiger partial charge in [-0.2, -0.15) is 0 Å². The molecular formula is C13H23N5O. The van der Waals surface area contributed by atoms with Crippen molar-refractivity contribution in [1.82, 2.24) is 19.8 Å². The van der Waals surface area contributed by atoms with E-state index in [1.54, 1.807) is 0 Å². The van der Waals surface area contributed by atoms with Crippen LogP contribution in [0.1, 0.15) is 30.8 Å². The molecule has 19 heavy (non-hydrogen) atoms. The van der Waals surface area contributed by atoms with E-state index in [4.69, 9.17) is 0 Å². The van der Waals surface area contributed by atoms with E-state index in [1.165, 1.54) is 0 Å². The standard InChI is InChI=1S/C13H23N5O/c1-10(2)17(3)8-6-14-12(19)11-9-18-7-4-5-15-13(18)16-11/h9-10H,4-8H2,1-3H3,(H,14,19)(H,15,16). The maximum absolute atomic E-state index is 12.0. The topological polar surface area (TPSA) is 62.2 Å². The lowest BCUT2D eigenvalue weighted by atomic mass is 10.3. The zero-order valence-corrected chi connectivity index (χ0v) is 11.9. The first-order chi connectivity index (χ1) is 9.08. The number of hydrogen-bond donors (Lipinski definition) is 2. The van der Waals surface area contributed by atoms with E-state index in [0.717, 1.165) is 32.0 Å². The first-order valence-electron chi connectivity index (χ1n) is 6.87. The fourth-order valence-electron chi connectivity index (χ4n) is 1.98. The summed E-state index contributed by atoms with van der Waals surface area (Å²) < 4.78 is 2.00. The van der Waals surface area contributed by atoms with E-state index in [0.29, 0.717) is 18.3 Å². The zero-order valence-electron chi connectivity index (χ0n) is 11.9. The van der Waals surface area contributed by atoms with Crippen molar-refractivity contribution >= 4 is 11.9 Å². The third kappa shape index (κ3) is 3.47. The minimum Gasteiger partial charge on any atom is -0.356 e. The lowest BCUT2D eigenvalue weighted by Gasteiger charge is -2.20. The second-order valence-corrected chi connectivity index (χ2v) is 5.25. The van der Waals surface area contributed by atoms with Gasteiger partial charge in [-0.25, -0.2) is 4.98 Å². The summed E-state index contributed by atoms with van der Waals surface area (Å²) in [7, 11) is 2.05. The lowest BCUT2D eigenvalue weighted by molar-refractivity contribution is 0.0943. The number of rotatable bonds is 5. The van der Waals surface area contributed by atoms with Crippen LogP contribution >= 0.6 is 0 Å². The third-order valence-corrected chi connectivity index (χ3v) is 3.50. The number of hydrogen-bond acceptors (Lipinski definition) is 4. The second kappa shape index (κ2) is 6.06. The van der Waals surface area contributed by atoms with Crippen LogP contribution in [-0.4, -0.2) is 53.1 Å². The first kappa shape index (κ1) is 13.9. The fraction of sp³-hybridized carbons (Fsp3) is 0.692. The lowest BCUT2D eigenvalue weighted by Crippen LogP contribution is -2.36. The second-order valence-electron chi connectivity index (χ2n) is 5.25. The molecule has 1 aliphatic heterocycles. The maximum atomic E-state index is 12.0. The Labute approximate surface area is 114 Å². The summed E-state index contributed by atoms with van der Waals surface area (Å²) in [5, 5.41) is 6.10. The van der Waals surface area contributed by atoms with Crippen LogP contribution in [0.2, 0.25) is 0 Å². The van der Waals surface area contributed by atoms with Crippen LogP contribution < -0.4 is 10.6 Å². The van der Waals surface area contributed by atoms with Crippen LogP contribution in [0.4, 0.5) is 5.95 Å². The van der Waals surface area contributed by atoms with Gasteiger partial charge in [0, 0.05) is 38.4 Å². The van der Waals surface area contributed by atoms with E-state index in [-0.39, 0.29) is 5.91 Å². The Balaban J connectivity index is 1.84. The minimum atomic E-state index is -0.0964. The van der Waals surface area contributed by atoms with Gasteiger partial charge in [-0.05, 0) is 27.3 Å². The molecule has 0 saturated carbocycles. The number of aromatic nitrogens is 2. The van der Waals surface area contributed by atoms with Gasteiger partial charge in [-0.1, -0.05) is 0 Å². The Bertz CT molecular complexity index is 417. The molecule has 1 aromatic rings. The summed E-state index contributed by atoms with van der Waals surface area (Å²) in [6.45, 7) is 7.61. The van der Waals surface area contributed by atoms with Crippen LogP contribution in [0.3, 0.4) is 0 Å². The van der Waals surface area contributed by atoms with E-state index in [2.05, 4.69) is 41.4 Å². The molecular weight excluding hydrogens is 242 g/mol. The van der Waals surface area contributed by atoms with Gasteiger partial charge in [-0.3, -0.25) is 4.79 Å². The van der Waals surface area contributed by atoms with Gasteiger partial charge < -0.3 is 20.1 Å². The number of nitrogens with zero attached hydrogens (tertiary/aromatic N) is 3. The highest BCUT2D eigenvalue weighted by molar-refractivity contribution is 5.92. The van der Waals surface area contributed by atoms with Gasteiger partial charge in [0.15, 0.2) is 0 Å². The Hall–Kier alpha value is -1.56. The molecule has 1 amide bonds. The first-order valence-corrected chi connectivity index (χ1v) is 6.87. The van der Waals surface area contributed by atoms with Crippen molar-refractivity contribution in [1.29, 1.82) is 0 Å². The normalized spacial score (nSPS) is 14.4. The smallest absolute Gasteiger partial charge is 0.271 e. The molecule has 2 heterocycles. The SMILES string of the molecule is CC(C)N(C)CCNC(=O)c1cn2c(n1)NCCC2. The van der Waals surface area contributed by atoms with Gasteiger partial charge in [0.1, 0.15) is 5.69 Å². The predicted octanol–water partition coefficient (Wildman–Crippen LogP) is 0.769. The van der Waals surface area contributed by atoms with Crippen molar-refractivity contribution in [3.05, 3.63) is 11.9 Å². The van der Waals surface area contributed by atoms with Crippen molar-refractivity contribution in [2.24, 2.45) is 0 Å². The van der Waals surface area contributed by atoms with E-state index in [1.807, 2.05) is 10.8 Å². The van der Waals surface area contributed by atoms with Crippen LogP contribution in [0, 0.1) is 0 Å². The van der Waals surface area contributed by atoms with E-state index >= 15 is 0 Å². The molecule has 6 heteroatoms. The molecule has 0 bridgehead atoms. The number of fused-ring (bicyclic) bond motifs is 1. The largest absolute Gasteiger partial charge is 0.356 e. The molecule has 6 nitrogen and oxygen atoms in total. The quantitative estimate of drug-likeness (QED) is 0.825. The Morgan fingerprint density at radius 1 is 1.63 bits per heavy atom. The van der Waals surface area contributed by atoms with Crippen LogP contribution in [0.15, 0.2) is 6.20 Å². The molecule has 0 aliphatic carbocycles. The number of carbonyl (C=O) groups is 1. The number of imidazole rings is 1. The van der Waals surface area contributed by atoms with Crippen molar-refractivity contribution in [2.75, 3.05) is 32.0 Å². The summed E-state index contributed by atoms with van der Waals surface area (Å²) in [6, 6.07) is 0.487. The van der Waals surface area contributed by atoms with Gasteiger partial charge >= 0.3 is 0 Å². The molecule has 0 atom stereocenters. The number of likely N-dealkylation sites (N-methyl/N-ethyl adjacent to an activating group) is 1.